The minimum atomic E-state index is 0.408. The van der Waals surface area contributed by atoms with Crippen molar-refractivity contribution in [3.8, 4) is 0 Å². The second kappa shape index (κ2) is 4.90. The monoisotopic (exact) mass is 234 g/mol. The van der Waals surface area contributed by atoms with Gasteiger partial charge in [0, 0.05) is 5.92 Å². The van der Waals surface area contributed by atoms with Gasteiger partial charge in [-0.1, -0.05) is 27.2 Å². The van der Waals surface area contributed by atoms with E-state index in [4.69, 9.17) is 4.98 Å². The maximum Gasteiger partial charge on any atom is 0.176 e. The van der Waals surface area contributed by atoms with Gasteiger partial charge in [-0.2, -0.15) is 5.10 Å². The van der Waals surface area contributed by atoms with Gasteiger partial charge < -0.3 is 4.98 Å². The number of hydrogen-bond acceptors (Lipinski definition) is 2. The normalized spacial score (nSPS) is 15.3. The smallest absolute Gasteiger partial charge is 0.176 e. The molecule has 4 heteroatoms. The first-order valence-corrected chi connectivity index (χ1v) is 6.60. The number of imidazole rings is 1. The first kappa shape index (κ1) is 12.1. The van der Waals surface area contributed by atoms with E-state index in [1.807, 2.05) is 10.9 Å². The molecule has 0 spiro atoms. The van der Waals surface area contributed by atoms with Crippen molar-refractivity contribution in [2.75, 3.05) is 0 Å². The Hall–Kier alpha value is -1.32. The third kappa shape index (κ3) is 2.21. The largest absolute Gasteiger partial charge is 0.339 e. The van der Waals surface area contributed by atoms with E-state index in [0.717, 1.165) is 23.4 Å². The lowest BCUT2D eigenvalue weighted by Gasteiger charge is -2.09. The van der Waals surface area contributed by atoms with Crippen LogP contribution in [0.4, 0.5) is 0 Å². The molecule has 1 N–H and O–H groups in total. The zero-order valence-corrected chi connectivity index (χ0v) is 11.2. The van der Waals surface area contributed by atoms with Crippen molar-refractivity contribution in [3.63, 3.8) is 0 Å². The van der Waals surface area contributed by atoms with E-state index in [-0.39, 0.29) is 0 Å². The summed E-state index contributed by atoms with van der Waals surface area (Å²) in [6.45, 7) is 8.78. The molecule has 0 saturated carbocycles. The van der Waals surface area contributed by atoms with Crippen LogP contribution in [-0.4, -0.2) is 19.7 Å². The van der Waals surface area contributed by atoms with Gasteiger partial charge in [-0.25, -0.2) is 9.67 Å². The molecule has 17 heavy (non-hydrogen) atoms. The molecule has 0 aliphatic rings. The number of nitrogens with one attached hydrogen (secondary N) is 1. The molecule has 2 atom stereocenters. The van der Waals surface area contributed by atoms with Gasteiger partial charge in [0.2, 0.25) is 0 Å². The van der Waals surface area contributed by atoms with Gasteiger partial charge in [-0.15, -0.1) is 0 Å². The van der Waals surface area contributed by atoms with Crippen molar-refractivity contribution in [2.24, 2.45) is 0 Å². The van der Waals surface area contributed by atoms with Gasteiger partial charge in [-0.05, 0) is 19.8 Å². The van der Waals surface area contributed by atoms with E-state index in [0.29, 0.717) is 12.0 Å². The Morgan fingerprint density at radius 1 is 1.35 bits per heavy atom. The number of rotatable bonds is 5. The summed E-state index contributed by atoms with van der Waals surface area (Å²) in [6.07, 6.45) is 5.32. The third-order valence-electron chi connectivity index (χ3n) is 3.46. The van der Waals surface area contributed by atoms with Crippen molar-refractivity contribution in [1.29, 1.82) is 0 Å². The molecule has 2 aromatic rings. The predicted molar refractivity (Wildman–Crippen MR) is 70.2 cm³/mol. The molecule has 2 rings (SSSR count). The molecule has 2 unspecified atom stereocenters. The Morgan fingerprint density at radius 2 is 2.12 bits per heavy atom. The number of H-pyrrole nitrogens is 1. The number of fused-ring (bicyclic) bond motifs is 1. The van der Waals surface area contributed by atoms with E-state index >= 15 is 0 Å². The van der Waals surface area contributed by atoms with Crippen molar-refractivity contribution >= 4 is 11.2 Å². The minimum absolute atomic E-state index is 0.408. The van der Waals surface area contributed by atoms with Gasteiger partial charge in [0.25, 0.3) is 0 Å². The van der Waals surface area contributed by atoms with Crippen molar-refractivity contribution in [3.05, 3.63) is 12.0 Å². The number of aromatic amines is 1. The van der Waals surface area contributed by atoms with Crippen LogP contribution in [0.15, 0.2) is 6.20 Å². The SMILES string of the molecule is CCCC(C)c1nc2c(cnn2C(C)CC)[nH]1. The molecule has 0 aliphatic carbocycles. The lowest BCUT2D eigenvalue weighted by molar-refractivity contribution is 0.489. The molecule has 2 heterocycles. The summed E-state index contributed by atoms with van der Waals surface area (Å²) in [5.41, 5.74) is 2.06. The van der Waals surface area contributed by atoms with Crippen molar-refractivity contribution in [1.82, 2.24) is 19.7 Å². The van der Waals surface area contributed by atoms with Crippen molar-refractivity contribution < 1.29 is 0 Å². The topological polar surface area (TPSA) is 46.5 Å². The van der Waals surface area contributed by atoms with Crippen LogP contribution in [0.25, 0.3) is 11.2 Å². The van der Waals surface area contributed by atoms with Crippen LogP contribution in [0.2, 0.25) is 0 Å². The highest BCUT2D eigenvalue weighted by molar-refractivity contribution is 5.70. The van der Waals surface area contributed by atoms with E-state index in [2.05, 4.69) is 37.8 Å². The van der Waals surface area contributed by atoms with Crippen LogP contribution in [-0.2, 0) is 0 Å². The van der Waals surface area contributed by atoms with Gasteiger partial charge in [0.15, 0.2) is 5.65 Å². The summed E-state index contributed by atoms with van der Waals surface area (Å²) in [5, 5.41) is 4.40. The Labute approximate surface area is 102 Å². The molecule has 94 valence electrons. The third-order valence-corrected chi connectivity index (χ3v) is 3.46. The maximum absolute atomic E-state index is 4.71. The minimum Gasteiger partial charge on any atom is -0.339 e. The van der Waals surface area contributed by atoms with Gasteiger partial charge >= 0.3 is 0 Å². The van der Waals surface area contributed by atoms with Gasteiger partial charge in [0.05, 0.1) is 12.2 Å². The highest BCUT2D eigenvalue weighted by Gasteiger charge is 2.15. The van der Waals surface area contributed by atoms with Gasteiger partial charge in [0.1, 0.15) is 11.3 Å². The highest BCUT2D eigenvalue weighted by atomic mass is 15.3. The molecular formula is C13H22N4. The highest BCUT2D eigenvalue weighted by Crippen LogP contribution is 2.23. The molecule has 0 fully saturated rings. The summed E-state index contributed by atoms with van der Waals surface area (Å²) in [5.74, 6) is 1.59. The summed E-state index contributed by atoms with van der Waals surface area (Å²) in [6, 6.07) is 0.408. The quantitative estimate of drug-likeness (QED) is 0.858. The Morgan fingerprint density at radius 3 is 2.76 bits per heavy atom. The number of hydrogen-bond donors (Lipinski definition) is 1. The predicted octanol–water partition coefficient (Wildman–Crippen LogP) is 3.63. The fourth-order valence-corrected chi connectivity index (χ4v) is 2.13. The second-order valence-electron chi connectivity index (χ2n) is 4.90. The molecule has 2 aromatic heterocycles. The molecule has 0 bridgehead atoms. The van der Waals surface area contributed by atoms with Gasteiger partial charge in [-0.3, -0.25) is 0 Å². The van der Waals surface area contributed by atoms with Crippen LogP contribution in [0.3, 0.4) is 0 Å². The summed E-state index contributed by atoms with van der Waals surface area (Å²) in [7, 11) is 0. The molecular weight excluding hydrogens is 212 g/mol. The number of nitrogens with zero attached hydrogens (tertiary/aromatic N) is 3. The van der Waals surface area contributed by atoms with Crippen LogP contribution in [0, 0.1) is 0 Å². The fraction of sp³-hybridized carbons (Fsp3) is 0.692. The van der Waals surface area contributed by atoms with E-state index in [9.17, 15) is 0 Å². The first-order valence-electron chi connectivity index (χ1n) is 6.60. The average molecular weight is 234 g/mol. The molecule has 0 saturated heterocycles. The molecule has 0 aromatic carbocycles. The number of aromatic nitrogens is 4. The molecule has 4 nitrogen and oxygen atoms in total. The molecule has 0 amide bonds. The zero-order chi connectivity index (χ0) is 12.4. The van der Waals surface area contributed by atoms with Crippen LogP contribution >= 0.6 is 0 Å². The van der Waals surface area contributed by atoms with Crippen molar-refractivity contribution in [2.45, 2.75) is 58.9 Å². The van der Waals surface area contributed by atoms with E-state index in [1.54, 1.807) is 0 Å². The second-order valence-corrected chi connectivity index (χ2v) is 4.90. The Balaban J connectivity index is 2.34. The summed E-state index contributed by atoms with van der Waals surface area (Å²) < 4.78 is 2.02. The molecule has 0 radical (unpaired) electrons. The standard InChI is InChI=1S/C13H22N4/c1-5-7-9(3)12-15-11-8-14-17(10(4)6-2)13(11)16-12/h8-10H,5-7H2,1-4H3,(H,15,16). The lowest BCUT2D eigenvalue weighted by Crippen LogP contribution is -2.06. The maximum atomic E-state index is 4.71. The zero-order valence-electron chi connectivity index (χ0n) is 11.2. The first-order chi connectivity index (χ1) is 8.17. The Kier molecular flexibility index (Phi) is 3.50. The average Bonchev–Trinajstić information content (AvgIpc) is 2.87. The van der Waals surface area contributed by atoms with Crippen LogP contribution in [0.1, 0.15) is 64.7 Å². The van der Waals surface area contributed by atoms with E-state index < -0.39 is 0 Å². The summed E-state index contributed by atoms with van der Waals surface area (Å²) in [4.78, 5) is 8.09. The van der Waals surface area contributed by atoms with Crippen LogP contribution in [0.5, 0.6) is 0 Å². The van der Waals surface area contributed by atoms with Crippen LogP contribution < -0.4 is 0 Å². The lowest BCUT2D eigenvalue weighted by atomic mass is 10.1. The fourth-order valence-electron chi connectivity index (χ4n) is 2.13. The molecule has 0 aliphatic heterocycles. The van der Waals surface area contributed by atoms with E-state index in [1.165, 1.54) is 12.8 Å². The summed E-state index contributed by atoms with van der Waals surface area (Å²) >= 11 is 0. The Bertz CT molecular complexity index is 483.